The lowest BCUT2D eigenvalue weighted by atomic mass is 10.1. The summed E-state index contributed by atoms with van der Waals surface area (Å²) < 4.78 is 0.903. The van der Waals surface area contributed by atoms with Crippen molar-refractivity contribution in [2.45, 2.75) is 13.3 Å². The molecule has 4 heteroatoms. The van der Waals surface area contributed by atoms with Crippen molar-refractivity contribution in [2.75, 3.05) is 17.2 Å². The first-order chi connectivity index (χ1) is 6.59. The van der Waals surface area contributed by atoms with Crippen molar-refractivity contribution in [3.8, 4) is 0 Å². The maximum atomic E-state index is 11.3. The van der Waals surface area contributed by atoms with Crippen LogP contribution < -0.4 is 10.6 Å². The minimum Gasteiger partial charge on any atom is -0.399 e. The fourth-order valence-electron chi connectivity index (χ4n) is 1.83. The predicted molar refractivity (Wildman–Crippen MR) is 60.3 cm³/mol. The first-order valence-corrected chi connectivity index (χ1v) is 5.25. The summed E-state index contributed by atoms with van der Waals surface area (Å²) in [5, 5.41) is 0. The summed E-state index contributed by atoms with van der Waals surface area (Å²) >= 11 is 3.43. The Morgan fingerprint density at radius 3 is 2.93 bits per heavy atom. The molecule has 0 aliphatic carbocycles. The van der Waals surface area contributed by atoms with Crippen LogP contribution in [0.3, 0.4) is 0 Å². The van der Waals surface area contributed by atoms with Crippen LogP contribution in [-0.4, -0.2) is 12.5 Å². The molecule has 0 radical (unpaired) electrons. The Labute approximate surface area is 91.0 Å². The minimum atomic E-state index is 0.0780. The van der Waals surface area contributed by atoms with Crippen molar-refractivity contribution in [3.05, 3.63) is 22.2 Å². The molecule has 3 nitrogen and oxygen atoms in total. The predicted octanol–water partition coefficient (Wildman–Crippen LogP) is 1.94. The fraction of sp³-hybridized carbons (Fsp3) is 0.300. The van der Waals surface area contributed by atoms with Gasteiger partial charge in [-0.2, -0.15) is 0 Å². The number of nitrogens with zero attached hydrogens (tertiary/aromatic N) is 1. The first-order valence-electron chi connectivity index (χ1n) is 4.45. The number of carbonyl (C=O) groups is 1. The van der Waals surface area contributed by atoms with Gasteiger partial charge in [-0.3, -0.25) is 4.79 Å². The minimum absolute atomic E-state index is 0.0780. The second-order valence-corrected chi connectivity index (χ2v) is 4.29. The van der Waals surface area contributed by atoms with Crippen molar-refractivity contribution in [2.24, 2.45) is 0 Å². The summed E-state index contributed by atoms with van der Waals surface area (Å²) in [6.45, 7) is 2.34. The van der Waals surface area contributed by atoms with E-state index in [-0.39, 0.29) is 5.91 Å². The summed E-state index contributed by atoms with van der Waals surface area (Å²) in [6.07, 6.45) is 0.887. The summed E-state index contributed by atoms with van der Waals surface area (Å²) in [5.74, 6) is 0.0780. The number of anilines is 2. The van der Waals surface area contributed by atoms with E-state index in [9.17, 15) is 4.79 Å². The number of hydrogen-bond donors (Lipinski definition) is 1. The van der Waals surface area contributed by atoms with Crippen molar-refractivity contribution in [1.29, 1.82) is 0 Å². The molecule has 0 saturated carbocycles. The third-order valence-electron chi connectivity index (χ3n) is 2.42. The van der Waals surface area contributed by atoms with Gasteiger partial charge in [0.25, 0.3) is 0 Å². The van der Waals surface area contributed by atoms with Gasteiger partial charge in [-0.05, 0) is 40.0 Å². The highest BCUT2D eigenvalue weighted by molar-refractivity contribution is 9.10. The molecular weight excluding hydrogens is 244 g/mol. The van der Waals surface area contributed by atoms with Crippen molar-refractivity contribution >= 4 is 33.2 Å². The van der Waals surface area contributed by atoms with Gasteiger partial charge in [0, 0.05) is 23.6 Å². The second-order valence-electron chi connectivity index (χ2n) is 3.43. The van der Waals surface area contributed by atoms with Crippen molar-refractivity contribution in [3.63, 3.8) is 0 Å². The summed E-state index contributed by atoms with van der Waals surface area (Å²) in [4.78, 5) is 13.1. The normalized spacial score (nSPS) is 14.3. The maximum absolute atomic E-state index is 11.3. The van der Waals surface area contributed by atoms with Gasteiger partial charge >= 0.3 is 0 Å². The maximum Gasteiger partial charge on any atom is 0.223 e. The van der Waals surface area contributed by atoms with Gasteiger partial charge in [-0.1, -0.05) is 0 Å². The molecule has 14 heavy (non-hydrogen) atoms. The zero-order valence-corrected chi connectivity index (χ0v) is 9.47. The molecule has 0 fully saturated rings. The van der Waals surface area contributed by atoms with Gasteiger partial charge in [-0.15, -0.1) is 0 Å². The Kier molecular flexibility index (Phi) is 2.23. The molecule has 1 heterocycles. The van der Waals surface area contributed by atoms with E-state index in [4.69, 9.17) is 5.73 Å². The topological polar surface area (TPSA) is 46.3 Å². The van der Waals surface area contributed by atoms with Gasteiger partial charge in [0.05, 0.1) is 5.69 Å². The molecule has 0 spiro atoms. The fourth-order valence-corrected chi connectivity index (χ4v) is 2.56. The quantitative estimate of drug-likeness (QED) is 0.720. The Bertz CT molecular complexity index is 403. The molecular formula is C10H11BrN2O. The molecule has 0 aromatic heterocycles. The largest absolute Gasteiger partial charge is 0.399 e. The highest BCUT2D eigenvalue weighted by Gasteiger charge is 2.24. The summed E-state index contributed by atoms with van der Waals surface area (Å²) in [6, 6.07) is 3.77. The monoisotopic (exact) mass is 254 g/mol. The van der Waals surface area contributed by atoms with Gasteiger partial charge in [0.15, 0.2) is 0 Å². The Morgan fingerprint density at radius 2 is 2.29 bits per heavy atom. The molecule has 2 rings (SSSR count). The van der Waals surface area contributed by atoms with Crippen LogP contribution in [0.5, 0.6) is 0 Å². The second kappa shape index (κ2) is 3.28. The van der Waals surface area contributed by atoms with Crippen LogP contribution in [0.15, 0.2) is 16.6 Å². The molecule has 0 unspecified atom stereocenters. The van der Waals surface area contributed by atoms with Crippen LogP contribution in [0, 0.1) is 0 Å². The molecule has 1 aromatic carbocycles. The van der Waals surface area contributed by atoms with Crippen LogP contribution >= 0.6 is 15.9 Å². The number of amides is 1. The first kappa shape index (κ1) is 9.52. The van der Waals surface area contributed by atoms with E-state index < -0.39 is 0 Å². The number of nitrogen functional groups attached to an aromatic ring is 1. The van der Waals surface area contributed by atoms with E-state index in [1.54, 1.807) is 11.8 Å². The Morgan fingerprint density at radius 1 is 1.57 bits per heavy atom. The summed E-state index contributed by atoms with van der Waals surface area (Å²) in [7, 11) is 0. The zero-order chi connectivity index (χ0) is 10.3. The van der Waals surface area contributed by atoms with E-state index in [1.807, 2.05) is 12.1 Å². The number of carbonyl (C=O) groups excluding carboxylic acids is 1. The third kappa shape index (κ3) is 1.39. The number of benzene rings is 1. The third-order valence-corrected chi connectivity index (χ3v) is 3.02. The van der Waals surface area contributed by atoms with Crippen molar-refractivity contribution in [1.82, 2.24) is 0 Å². The number of halogens is 1. The van der Waals surface area contributed by atoms with Crippen LogP contribution in [0.25, 0.3) is 0 Å². The van der Waals surface area contributed by atoms with Gasteiger partial charge in [-0.25, -0.2) is 0 Å². The highest BCUT2D eigenvalue weighted by Crippen LogP contribution is 2.37. The lowest BCUT2D eigenvalue weighted by molar-refractivity contribution is -0.116. The smallest absolute Gasteiger partial charge is 0.223 e. The van der Waals surface area contributed by atoms with Gasteiger partial charge in [0.1, 0.15) is 0 Å². The summed E-state index contributed by atoms with van der Waals surface area (Å²) in [5.41, 5.74) is 8.58. The lowest BCUT2D eigenvalue weighted by Crippen LogP contribution is -2.26. The molecule has 74 valence electrons. The average molecular weight is 255 g/mol. The van der Waals surface area contributed by atoms with Gasteiger partial charge in [0.2, 0.25) is 5.91 Å². The van der Waals surface area contributed by atoms with Crippen LogP contribution in [-0.2, 0) is 11.2 Å². The van der Waals surface area contributed by atoms with Crippen molar-refractivity contribution < 1.29 is 4.79 Å². The van der Waals surface area contributed by atoms with E-state index >= 15 is 0 Å². The van der Waals surface area contributed by atoms with E-state index in [2.05, 4.69) is 15.9 Å². The number of nitrogens with two attached hydrogens (primary N) is 1. The van der Waals surface area contributed by atoms with E-state index in [1.165, 1.54) is 0 Å². The average Bonchev–Trinajstić information content (AvgIpc) is 2.47. The van der Waals surface area contributed by atoms with Crippen LogP contribution in [0.1, 0.15) is 12.5 Å². The Balaban J connectivity index is 2.54. The number of fused-ring (bicyclic) bond motifs is 1. The molecule has 1 amide bonds. The number of rotatable bonds is 0. The SMILES string of the molecule is CC(=O)N1CCc2cc(N)cc(Br)c21. The molecule has 0 saturated heterocycles. The molecule has 2 N–H and O–H groups in total. The van der Waals surface area contributed by atoms with E-state index in [0.29, 0.717) is 0 Å². The van der Waals surface area contributed by atoms with Gasteiger partial charge < -0.3 is 10.6 Å². The standard InChI is InChI=1S/C10H11BrN2O/c1-6(14)13-3-2-7-4-8(12)5-9(11)10(7)13/h4-5H,2-3,12H2,1H3. The van der Waals surface area contributed by atoms with Crippen LogP contribution in [0.4, 0.5) is 11.4 Å². The number of hydrogen-bond acceptors (Lipinski definition) is 2. The lowest BCUT2D eigenvalue weighted by Gasteiger charge is -2.16. The molecule has 1 aliphatic rings. The highest BCUT2D eigenvalue weighted by atomic mass is 79.9. The van der Waals surface area contributed by atoms with E-state index in [0.717, 1.165) is 34.4 Å². The zero-order valence-electron chi connectivity index (χ0n) is 7.88. The molecule has 0 bridgehead atoms. The molecule has 1 aromatic rings. The molecule has 0 atom stereocenters. The van der Waals surface area contributed by atoms with Crippen LogP contribution in [0.2, 0.25) is 0 Å². The Hall–Kier alpha value is -1.03. The molecule has 1 aliphatic heterocycles.